The fourth-order valence-corrected chi connectivity index (χ4v) is 3.45. The number of benzene rings is 2. The highest BCUT2D eigenvalue weighted by Gasteiger charge is 2.40. The van der Waals surface area contributed by atoms with Gasteiger partial charge in [0.2, 0.25) is 0 Å². The molecule has 0 aliphatic rings. The van der Waals surface area contributed by atoms with Gasteiger partial charge >= 0.3 is 0 Å². The topological polar surface area (TPSA) is 17.1 Å². The molecule has 1 nitrogen and oxygen atoms in total. The van der Waals surface area contributed by atoms with E-state index < -0.39 is 5.41 Å². The molecule has 0 fully saturated rings. The summed E-state index contributed by atoms with van der Waals surface area (Å²) in [6.07, 6.45) is 1.82. The summed E-state index contributed by atoms with van der Waals surface area (Å²) in [5.41, 5.74) is 4.14. The highest BCUT2D eigenvalue weighted by atomic mass is 16.1. The van der Waals surface area contributed by atoms with Crippen LogP contribution in [0.4, 0.5) is 0 Å². The average Bonchev–Trinajstić information content (AvgIpc) is 2.46. The lowest BCUT2D eigenvalue weighted by atomic mass is 9.66. The number of aryl methyl sites for hydroxylation is 2. The van der Waals surface area contributed by atoms with Gasteiger partial charge in [0.15, 0.2) is 0 Å². The lowest BCUT2D eigenvalue weighted by Gasteiger charge is -2.35. The van der Waals surface area contributed by atoms with E-state index in [4.69, 9.17) is 0 Å². The summed E-state index contributed by atoms with van der Waals surface area (Å²) in [5.74, 6) is 0.230. The summed E-state index contributed by atoms with van der Waals surface area (Å²) in [6.45, 7) is 8.07. The number of carbonyl (C=O) groups excluding carboxylic acids is 1. The molecule has 0 atom stereocenters. The molecule has 0 aromatic heterocycles. The molecular formula is C20H24O. The molecule has 0 saturated carbocycles. The van der Waals surface area contributed by atoms with Crippen molar-refractivity contribution < 1.29 is 4.79 Å². The fraction of sp³-hybridized carbons (Fsp3) is 0.350. The van der Waals surface area contributed by atoms with Crippen molar-refractivity contribution in [3.8, 4) is 0 Å². The minimum absolute atomic E-state index is 0.230. The van der Waals surface area contributed by atoms with E-state index in [0.29, 0.717) is 0 Å². The Kier molecular flexibility index (Phi) is 4.62. The summed E-state index contributed by atoms with van der Waals surface area (Å²) >= 11 is 0. The highest BCUT2D eigenvalue weighted by molar-refractivity contribution is 5.92. The SMILES string of the molecule is CCCC(C(C)=O)(c1ccccc1C)c1ccccc1C. The van der Waals surface area contributed by atoms with E-state index in [1.165, 1.54) is 11.1 Å². The average molecular weight is 280 g/mol. The van der Waals surface area contributed by atoms with E-state index in [0.717, 1.165) is 24.0 Å². The Balaban J connectivity index is 2.80. The lowest BCUT2D eigenvalue weighted by molar-refractivity contribution is -0.121. The second-order valence-corrected chi connectivity index (χ2v) is 5.84. The van der Waals surface area contributed by atoms with Crippen LogP contribution in [-0.4, -0.2) is 5.78 Å². The van der Waals surface area contributed by atoms with Crippen molar-refractivity contribution in [3.05, 3.63) is 70.8 Å². The van der Waals surface area contributed by atoms with Crippen molar-refractivity contribution in [1.82, 2.24) is 0 Å². The monoisotopic (exact) mass is 280 g/mol. The first kappa shape index (κ1) is 15.5. The number of hydrogen-bond acceptors (Lipinski definition) is 1. The molecule has 0 aliphatic heterocycles. The molecule has 2 aromatic carbocycles. The molecule has 0 N–H and O–H groups in total. The fourth-order valence-electron chi connectivity index (χ4n) is 3.45. The van der Waals surface area contributed by atoms with Gasteiger partial charge in [0.05, 0.1) is 5.41 Å². The van der Waals surface area contributed by atoms with Gasteiger partial charge in [-0.3, -0.25) is 4.79 Å². The molecule has 0 radical (unpaired) electrons. The smallest absolute Gasteiger partial charge is 0.144 e. The number of ketones is 1. The van der Waals surface area contributed by atoms with Crippen molar-refractivity contribution in [3.63, 3.8) is 0 Å². The first-order valence-electron chi connectivity index (χ1n) is 7.67. The van der Waals surface area contributed by atoms with Gasteiger partial charge in [-0.15, -0.1) is 0 Å². The largest absolute Gasteiger partial charge is 0.299 e. The maximum atomic E-state index is 12.8. The molecule has 2 rings (SSSR count). The van der Waals surface area contributed by atoms with Crippen LogP contribution in [0.25, 0.3) is 0 Å². The van der Waals surface area contributed by atoms with Gasteiger partial charge in [-0.25, -0.2) is 0 Å². The minimum Gasteiger partial charge on any atom is -0.299 e. The molecule has 0 saturated heterocycles. The molecule has 0 unspecified atom stereocenters. The van der Waals surface area contributed by atoms with E-state index in [2.05, 4.69) is 45.0 Å². The van der Waals surface area contributed by atoms with Crippen molar-refractivity contribution in [2.75, 3.05) is 0 Å². The Morgan fingerprint density at radius 1 is 0.905 bits per heavy atom. The van der Waals surface area contributed by atoms with Gasteiger partial charge in [0, 0.05) is 0 Å². The van der Waals surface area contributed by atoms with Gasteiger partial charge in [-0.1, -0.05) is 61.9 Å². The predicted octanol–water partition coefficient (Wildman–Crippen LogP) is 4.98. The Morgan fingerprint density at radius 3 is 1.67 bits per heavy atom. The van der Waals surface area contributed by atoms with Crippen LogP contribution in [0.3, 0.4) is 0 Å². The molecule has 0 bridgehead atoms. The van der Waals surface area contributed by atoms with Crippen LogP contribution >= 0.6 is 0 Å². The minimum atomic E-state index is -0.522. The molecule has 0 amide bonds. The highest BCUT2D eigenvalue weighted by Crippen LogP contribution is 2.40. The number of Topliss-reactive ketones (excluding diaryl/α,β-unsaturated/α-hetero) is 1. The van der Waals surface area contributed by atoms with E-state index >= 15 is 0 Å². The second kappa shape index (κ2) is 6.26. The maximum absolute atomic E-state index is 12.8. The van der Waals surface area contributed by atoms with Crippen LogP contribution in [0, 0.1) is 13.8 Å². The molecule has 110 valence electrons. The van der Waals surface area contributed by atoms with E-state index in [1.807, 2.05) is 24.3 Å². The Hall–Kier alpha value is -1.89. The van der Waals surface area contributed by atoms with Gasteiger partial charge in [0.25, 0.3) is 0 Å². The summed E-state index contributed by atoms with van der Waals surface area (Å²) < 4.78 is 0. The van der Waals surface area contributed by atoms with E-state index in [9.17, 15) is 4.79 Å². The van der Waals surface area contributed by atoms with Crippen LogP contribution in [0.2, 0.25) is 0 Å². The van der Waals surface area contributed by atoms with Gasteiger partial charge < -0.3 is 0 Å². The summed E-state index contributed by atoms with van der Waals surface area (Å²) in [4.78, 5) is 12.8. The third-order valence-corrected chi connectivity index (χ3v) is 4.44. The molecule has 21 heavy (non-hydrogen) atoms. The maximum Gasteiger partial charge on any atom is 0.144 e. The second-order valence-electron chi connectivity index (χ2n) is 5.84. The zero-order valence-corrected chi connectivity index (χ0v) is 13.4. The Labute approximate surface area is 128 Å². The Morgan fingerprint density at radius 2 is 1.33 bits per heavy atom. The Bertz CT molecular complexity index is 594. The van der Waals surface area contributed by atoms with Crippen LogP contribution in [0.1, 0.15) is 48.9 Å². The third-order valence-electron chi connectivity index (χ3n) is 4.44. The molecule has 0 aliphatic carbocycles. The summed E-state index contributed by atoms with van der Waals surface area (Å²) in [6, 6.07) is 16.6. The first-order valence-corrected chi connectivity index (χ1v) is 7.67. The van der Waals surface area contributed by atoms with Crippen LogP contribution in [-0.2, 0) is 10.2 Å². The third kappa shape index (κ3) is 2.65. The molecule has 1 heteroatoms. The standard InChI is InChI=1S/C20H24O/c1-5-14-20(17(4)21,18-12-8-6-10-15(18)2)19-13-9-7-11-16(19)3/h6-13H,5,14H2,1-4H3. The van der Waals surface area contributed by atoms with Crippen LogP contribution in [0.5, 0.6) is 0 Å². The molecule has 0 heterocycles. The van der Waals surface area contributed by atoms with Crippen molar-refractivity contribution in [2.24, 2.45) is 0 Å². The van der Waals surface area contributed by atoms with Crippen molar-refractivity contribution >= 4 is 5.78 Å². The van der Waals surface area contributed by atoms with Crippen LogP contribution in [0.15, 0.2) is 48.5 Å². The van der Waals surface area contributed by atoms with E-state index in [-0.39, 0.29) is 5.78 Å². The molecular weight excluding hydrogens is 256 g/mol. The zero-order valence-electron chi connectivity index (χ0n) is 13.4. The zero-order chi connectivity index (χ0) is 15.5. The lowest BCUT2D eigenvalue weighted by Crippen LogP contribution is -2.37. The van der Waals surface area contributed by atoms with Crippen LogP contribution < -0.4 is 0 Å². The molecule has 2 aromatic rings. The normalized spacial score (nSPS) is 11.4. The number of hydrogen-bond donors (Lipinski definition) is 0. The summed E-state index contributed by atoms with van der Waals surface area (Å²) in [5, 5.41) is 0. The van der Waals surface area contributed by atoms with Gasteiger partial charge in [-0.05, 0) is 49.4 Å². The number of carbonyl (C=O) groups is 1. The molecule has 0 spiro atoms. The predicted molar refractivity (Wildman–Crippen MR) is 88.7 cm³/mol. The van der Waals surface area contributed by atoms with Crippen molar-refractivity contribution in [2.45, 2.75) is 46.0 Å². The first-order chi connectivity index (χ1) is 10.0. The number of rotatable bonds is 5. The van der Waals surface area contributed by atoms with E-state index in [1.54, 1.807) is 6.92 Å². The van der Waals surface area contributed by atoms with Crippen molar-refractivity contribution in [1.29, 1.82) is 0 Å². The summed E-state index contributed by atoms with van der Waals surface area (Å²) in [7, 11) is 0. The van der Waals surface area contributed by atoms with Gasteiger partial charge in [0.1, 0.15) is 5.78 Å². The van der Waals surface area contributed by atoms with Gasteiger partial charge in [-0.2, -0.15) is 0 Å². The quantitative estimate of drug-likeness (QED) is 0.755.